The van der Waals surface area contributed by atoms with Crippen LogP contribution in [0.4, 0.5) is 0 Å². The van der Waals surface area contributed by atoms with E-state index < -0.39 is 0 Å². The molecule has 3 rings (SSSR count). The molecule has 0 amide bonds. The SMILES string of the molecule is C1=CC(N2CCCCC2C2CCCN2)CCC1. The molecule has 96 valence electrons. The summed E-state index contributed by atoms with van der Waals surface area (Å²) in [7, 11) is 0. The number of likely N-dealkylation sites (tertiary alicyclic amines) is 1. The number of nitrogens with one attached hydrogen (secondary N) is 1. The summed E-state index contributed by atoms with van der Waals surface area (Å²) in [5, 5.41) is 3.73. The molecule has 2 heterocycles. The lowest BCUT2D eigenvalue weighted by Gasteiger charge is -2.44. The average molecular weight is 234 g/mol. The average Bonchev–Trinajstić information content (AvgIpc) is 2.94. The second-order valence-electron chi connectivity index (χ2n) is 5.93. The summed E-state index contributed by atoms with van der Waals surface area (Å²) in [6.45, 7) is 2.58. The number of hydrogen-bond donors (Lipinski definition) is 1. The van der Waals surface area contributed by atoms with Crippen LogP contribution in [0.25, 0.3) is 0 Å². The molecule has 3 unspecified atom stereocenters. The minimum atomic E-state index is 0.747. The Morgan fingerprint density at radius 2 is 2.00 bits per heavy atom. The van der Waals surface area contributed by atoms with Crippen molar-refractivity contribution >= 4 is 0 Å². The van der Waals surface area contributed by atoms with Gasteiger partial charge in [0, 0.05) is 18.1 Å². The van der Waals surface area contributed by atoms with Gasteiger partial charge in [-0.15, -0.1) is 0 Å². The maximum absolute atomic E-state index is 3.73. The van der Waals surface area contributed by atoms with E-state index in [4.69, 9.17) is 0 Å². The molecule has 2 fully saturated rings. The zero-order valence-electron chi connectivity index (χ0n) is 10.9. The third kappa shape index (κ3) is 2.58. The van der Waals surface area contributed by atoms with Crippen molar-refractivity contribution in [2.24, 2.45) is 0 Å². The zero-order valence-corrected chi connectivity index (χ0v) is 10.9. The quantitative estimate of drug-likeness (QED) is 0.739. The Bertz CT molecular complexity index is 268. The molecule has 3 atom stereocenters. The summed E-state index contributed by atoms with van der Waals surface area (Å²) >= 11 is 0. The Labute approximate surface area is 105 Å². The number of rotatable bonds is 2. The third-order valence-corrected chi connectivity index (χ3v) is 4.81. The fourth-order valence-electron chi connectivity index (χ4n) is 3.93. The molecule has 17 heavy (non-hydrogen) atoms. The van der Waals surface area contributed by atoms with E-state index in [-0.39, 0.29) is 0 Å². The highest BCUT2D eigenvalue weighted by Gasteiger charge is 2.34. The van der Waals surface area contributed by atoms with Gasteiger partial charge in [0.1, 0.15) is 0 Å². The molecule has 2 heteroatoms. The fraction of sp³-hybridized carbons (Fsp3) is 0.867. The van der Waals surface area contributed by atoms with Gasteiger partial charge >= 0.3 is 0 Å². The minimum absolute atomic E-state index is 0.747. The molecule has 0 aromatic carbocycles. The lowest BCUT2D eigenvalue weighted by atomic mass is 9.90. The second-order valence-corrected chi connectivity index (χ2v) is 5.93. The number of allylic oxidation sites excluding steroid dienone is 1. The second kappa shape index (κ2) is 5.53. The largest absolute Gasteiger partial charge is 0.312 e. The van der Waals surface area contributed by atoms with Crippen molar-refractivity contribution in [3.8, 4) is 0 Å². The standard InChI is InChI=1S/C15H26N2/c1-2-7-13(8-3-1)17-12-5-4-10-15(17)14-9-6-11-16-14/h2,7,13-16H,1,3-6,8-12H2. The Morgan fingerprint density at radius 1 is 1.00 bits per heavy atom. The highest BCUT2D eigenvalue weighted by atomic mass is 15.2. The zero-order chi connectivity index (χ0) is 11.5. The van der Waals surface area contributed by atoms with Gasteiger partial charge in [-0.25, -0.2) is 0 Å². The van der Waals surface area contributed by atoms with E-state index in [0.717, 1.165) is 18.1 Å². The summed E-state index contributed by atoms with van der Waals surface area (Å²) in [4.78, 5) is 2.82. The van der Waals surface area contributed by atoms with Crippen LogP contribution < -0.4 is 5.32 Å². The number of hydrogen-bond acceptors (Lipinski definition) is 2. The molecule has 0 radical (unpaired) electrons. The summed E-state index contributed by atoms with van der Waals surface area (Å²) < 4.78 is 0. The van der Waals surface area contributed by atoms with E-state index in [1.807, 2.05) is 0 Å². The molecule has 0 aromatic rings. The molecular weight excluding hydrogens is 208 g/mol. The van der Waals surface area contributed by atoms with Crippen molar-refractivity contribution in [1.82, 2.24) is 10.2 Å². The van der Waals surface area contributed by atoms with Crippen molar-refractivity contribution in [2.45, 2.75) is 69.5 Å². The van der Waals surface area contributed by atoms with Crippen molar-refractivity contribution in [2.75, 3.05) is 13.1 Å². The summed E-state index contributed by atoms with van der Waals surface area (Å²) in [5.74, 6) is 0. The van der Waals surface area contributed by atoms with Crippen molar-refractivity contribution in [3.63, 3.8) is 0 Å². The van der Waals surface area contributed by atoms with Gasteiger partial charge in [0.15, 0.2) is 0 Å². The Morgan fingerprint density at radius 3 is 2.76 bits per heavy atom. The first-order valence-corrected chi connectivity index (χ1v) is 7.61. The molecule has 0 saturated carbocycles. The van der Waals surface area contributed by atoms with E-state index in [1.165, 1.54) is 64.5 Å². The first kappa shape index (κ1) is 11.7. The summed E-state index contributed by atoms with van der Waals surface area (Å²) in [6, 6.07) is 2.35. The molecular formula is C15H26N2. The van der Waals surface area contributed by atoms with E-state index in [1.54, 1.807) is 0 Å². The molecule has 2 aliphatic heterocycles. The van der Waals surface area contributed by atoms with Crippen LogP contribution in [0.5, 0.6) is 0 Å². The minimum Gasteiger partial charge on any atom is -0.312 e. The van der Waals surface area contributed by atoms with Crippen LogP contribution in [-0.2, 0) is 0 Å². The number of nitrogens with zero attached hydrogens (tertiary/aromatic N) is 1. The molecule has 2 saturated heterocycles. The van der Waals surface area contributed by atoms with Crippen LogP contribution >= 0.6 is 0 Å². The molecule has 0 aromatic heterocycles. The van der Waals surface area contributed by atoms with Crippen LogP contribution in [0.2, 0.25) is 0 Å². The fourth-order valence-corrected chi connectivity index (χ4v) is 3.93. The van der Waals surface area contributed by atoms with Crippen LogP contribution in [0, 0.1) is 0 Å². The van der Waals surface area contributed by atoms with Crippen LogP contribution in [-0.4, -0.2) is 36.1 Å². The Hall–Kier alpha value is -0.340. The summed E-state index contributed by atoms with van der Waals surface area (Å²) in [5.41, 5.74) is 0. The van der Waals surface area contributed by atoms with Gasteiger partial charge in [-0.05, 0) is 58.0 Å². The van der Waals surface area contributed by atoms with Crippen molar-refractivity contribution < 1.29 is 0 Å². The van der Waals surface area contributed by atoms with E-state index in [9.17, 15) is 0 Å². The first-order valence-electron chi connectivity index (χ1n) is 7.61. The maximum Gasteiger partial charge on any atom is 0.0281 e. The van der Waals surface area contributed by atoms with Gasteiger partial charge < -0.3 is 5.32 Å². The highest BCUT2D eigenvalue weighted by Crippen LogP contribution is 2.29. The lowest BCUT2D eigenvalue weighted by molar-refractivity contribution is 0.0858. The Kier molecular flexibility index (Phi) is 3.82. The van der Waals surface area contributed by atoms with Crippen molar-refractivity contribution in [3.05, 3.63) is 12.2 Å². The topological polar surface area (TPSA) is 15.3 Å². The molecule has 0 spiro atoms. The van der Waals surface area contributed by atoms with Gasteiger partial charge in [0.25, 0.3) is 0 Å². The third-order valence-electron chi connectivity index (χ3n) is 4.81. The normalized spacial score (nSPS) is 39.6. The van der Waals surface area contributed by atoms with Gasteiger partial charge in [-0.1, -0.05) is 18.6 Å². The van der Waals surface area contributed by atoms with Crippen LogP contribution in [0.1, 0.15) is 51.4 Å². The number of piperidine rings is 1. The molecule has 1 aliphatic carbocycles. The van der Waals surface area contributed by atoms with Crippen molar-refractivity contribution in [1.29, 1.82) is 0 Å². The predicted molar refractivity (Wildman–Crippen MR) is 72.1 cm³/mol. The maximum atomic E-state index is 3.73. The summed E-state index contributed by atoms with van der Waals surface area (Å²) in [6.07, 6.45) is 16.0. The van der Waals surface area contributed by atoms with Gasteiger partial charge in [0.2, 0.25) is 0 Å². The highest BCUT2D eigenvalue weighted by molar-refractivity contribution is 5.03. The lowest BCUT2D eigenvalue weighted by Crippen LogP contribution is -2.53. The van der Waals surface area contributed by atoms with Crippen LogP contribution in [0.3, 0.4) is 0 Å². The van der Waals surface area contributed by atoms with E-state index >= 15 is 0 Å². The first-order chi connectivity index (χ1) is 8.45. The molecule has 3 aliphatic rings. The van der Waals surface area contributed by atoms with Gasteiger partial charge in [0.05, 0.1) is 0 Å². The van der Waals surface area contributed by atoms with Crippen LogP contribution in [0.15, 0.2) is 12.2 Å². The van der Waals surface area contributed by atoms with E-state index in [0.29, 0.717) is 0 Å². The molecule has 2 nitrogen and oxygen atoms in total. The van der Waals surface area contributed by atoms with Gasteiger partial charge in [-0.2, -0.15) is 0 Å². The molecule has 0 bridgehead atoms. The smallest absolute Gasteiger partial charge is 0.0281 e. The molecule has 1 N–H and O–H groups in total. The monoisotopic (exact) mass is 234 g/mol. The van der Waals surface area contributed by atoms with Gasteiger partial charge in [-0.3, -0.25) is 4.90 Å². The van der Waals surface area contributed by atoms with E-state index in [2.05, 4.69) is 22.4 Å². The predicted octanol–water partition coefficient (Wildman–Crippen LogP) is 2.70. The Balaban J connectivity index is 1.69.